The van der Waals surface area contributed by atoms with Gasteiger partial charge in [-0.1, -0.05) is 6.07 Å². The summed E-state index contributed by atoms with van der Waals surface area (Å²) >= 11 is 0. The number of Topliss-reactive ketones (excluding diaryl/α,β-unsaturated/α-hetero) is 1. The second-order valence-electron chi connectivity index (χ2n) is 4.98. The zero-order chi connectivity index (χ0) is 15.9. The van der Waals surface area contributed by atoms with E-state index in [4.69, 9.17) is 4.84 Å². The zero-order valence-electron chi connectivity index (χ0n) is 12.1. The van der Waals surface area contributed by atoms with E-state index >= 15 is 0 Å². The summed E-state index contributed by atoms with van der Waals surface area (Å²) in [4.78, 5) is 17.9. The predicted molar refractivity (Wildman–Crippen MR) is 79.4 cm³/mol. The number of fused-ring (bicyclic) bond motifs is 1. The number of anilines is 2. The van der Waals surface area contributed by atoms with Crippen molar-refractivity contribution in [3.05, 3.63) is 53.1 Å². The molecule has 0 saturated heterocycles. The van der Waals surface area contributed by atoms with Gasteiger partial charge in [0.15, 0.2) is 23.2 Å². The minimum atomic E-state index is -0.778. The third-order valence-electron chi connectivity index (χ3n) is 3.66. The Kier molecular flexibility index (Phi) is 3.44. The summed E-state index contributed by atoms with van der Waals surface area (Å²) in [6.07, 6.45) is 0. The van der Waals surface area contributed by atoms with Crippen molar-refractivity contribution in [2.24, 2.45) is 0 Å². The number of para-hydroxylation sites is 1. The van der Waals surface area contributed by atoms with Gasteiger partial charge in [-0.05, 0) is 36.8 Å². The molecule has 1 N–H and O–H groups in total. The molecule has 0 radical (unpaired) electrons. The van der Waals surface area contributed by atoms with Crippen LogP contribution in [0.4, 0.5) is 20.2 Å². The van der Waals surface area contributed by atoms with Crippen LogP contribution in [0.25, 0.3) is 0 Å². The van der Waals surface area contributed by atoms with Gasteiger partial charge in [0.25, 0.3) is 0 Å². The smallest absolute Gasteiger partial charge is 0.189 e. The first kappa shape index (κ1) is 14.3. The van der Waals surface area contributed by atoms with Crippen LogP contribution in [0.2, 0.25) is 0 Å². The molecule has 0 aromatic heterocycles. The van der Waals surface area contributed by atoms with E-state index in [1.165, 1.54) is 6.07 Å². The number of hydrogen-bond acceptors (Lipinski definition) is 4. The normalized spacial score (nSPS) is 13.6. The molecule has 4 nitrogen and oxygen atoms in total. The number of nitrogens with one attached hydrogen (secondary N) is 1. The van der Waals surface area contributed by atoms with Crippen molar-refractivity contribution in [3.63, 3.8) is 0 Å². The highest BCUT2D eigenvalue weighted by atomic mass is 19.1. The van der Waals surface area contributed by atoms with Crippen LogP contribution >= 0.6 is 0 Å². The first-order valence-corrected chi connectivity index (χ1v) is 6.77. The van der Waals surface area contributed by atoms with Crippen LogP contribution in [-0.2, 0) is 0 Å². The molecule has 114 valence electrons. The SMILES string of the molecule is CNc1ccc2c(c1C)C(=O)CN(c1c(F)cccc1F)O2. The quantitative estimate of drug-likeness (QED) is 0.924. The third-order valence-corrected chi connectivity index (χ3v) is 3.66. The fourth-order valence-electron chi connectivity index (χ4n) is 2.59. The molecule has 1 heterocycles. The van der Waals surface area contributed by atoms with Crippen molar-refractivity contribution in [1.82, 2.24) is 0 Å². The van der Waals surface area contributed by atoms with Crippen LogP contribution in [0, 0.1) is 18.6 Å². The van der Waals surface area contributed by atoms with Crippen molar-refractivity contribution < 1.29 is 18.4 Å². The highest BCUT2D eigenvalue weighted by Crippen LogP contribution is 2.35. The summed E-state index contributed by atoms with van der Waals surface area (Å²) in [6.45, 7) is 1.55. The number of rotatable bonds is 2. The lowest BCUT2D eigenvalue weighted by Crippen LogP contribution is -2.39. The van der Waals surface area contributed by atoms with E-state index in [0.717, 1.165) is 28.4 Å². The van der Waals surface area contributed by atoms with Crippen LogP contribution < -0.4 is 15.2 Å². The molecule has 6 heteroatoms. The van der Waals surface area contributed by atoms with Crippen molar-refractivity contribution in [2.75, 3.05) is 24.0 Å². The van der Waals surface area contributed by atoms with Gasteiger partial charge in [0, 0.05) is 12.7 Å². The molecule has 1 aliphatic heterocycles. The van der Waals surface area contributed by atoms with E-state index in [9.17, 15) is 13.6 Å². The molecule has 1 aliphatic rings. The molecular weight excluding hydrogens is 290 g/mol. The topological polar surface area (TPSA) is 41.6 Å². The zero-order valence-corrected chi connectivity index (χ0v) is 12.1. The van der Waals surface area contributed by atoms with Crippen LogP contribution in [0.15, 0.2) is 30.3 Å². The number of benzene rings is 2. The Morgan fingerprint density at radius 1 is 1.18 bits per heavy atom. The van der Waals surface area contributed by atoms with Crippen LogP contribution in [0.1, 0.15) is 15.9 Å². The van der Waals surface area contributed by atoms with Crippen molar-refractivity contribution in [1.29, 1.82) is 0 Å². The molecule has 2 aromatic rings. The monoisotopic (exact) mass is 304 g/mol. The summed E-state index contributed by atoms with van der Waals surface area (Å²) < 4.78 is 27.7. The maximum atomic E-state index is 13.9. The fourth-order valence-corrected chi connectivity index (χ4v) is 2.59. The van der Waals surface area contributed by atoms with E-state index in [1.54, 1.807) is 26.1 Å². The van der Waals surface area contributed by atoms with Gasteiger partial charge in [0.05, 0.1) is 5.56 Å². The summed E-state index contributed by atoms with van der Waals surface area (Å²) in [6, 6.07) is 6.87. The van der Waals surface area contributed by atoms with Gasteiger partial charge in [0.1, 0.15) is 12.2 Å². The predicted octanol–water partition coefficient (Wildman–Crippen LogP) is 3.31. The Balaban J connectivity index is 2.06. The fraction of sp³-hybridized carbons (Fsp3) is 0.188. The van der Waals surface area contributed by atoms with E-state index in [-0.39, 0.29) is 23.8 Å². The number of halogens is 2. The average Bonchev–Trinajstić information content (AvgIpc) is 2.47. The van der Waals surface area contributed by atoms with E-state index in [2.05, 4.69) is 5.32 Å². The van der Waals surface area contributed by atoms with Crippen LogP contribution in [0.5, 0.6) is 5.75 Å². The molecule has 0 atom stereocenters. The summed E-state index contributed by atoms with van der Waals surface area (Å²) in [7, 11) is 1.75. The van der Waals surface area contributed by atoms with Gasteiger partial charge in [-0.15, -0.1) is 0 Å². The van der Waals surface area contributed by atoms with E-state index in [1.807, 2.05) is 0 Å². The number of nitrogens with zero attached hydrogens (tertiary/aromatic N) is 1. The van der Waals surface area contributed by atoms with Crippen molar-refractivity contribution in [3.8, 4) is 5.75 Å². The van der Waals surface area contributed by atoms with Gasteiger partial charge in [-0.25, -0.2) is 8.78 Å². The van der Waals surface area contributed by atoms with Crippen LogP contribution in [0.3, 0.4) is 0 Å². The Morgan fingerprint density at radius 2 is 1.86 bits per heavy atom. The minimum absolute atomic E-state index is 0.251. The molecule has 0 bridgehead atoms. The summed E-state index contributed by atoms with van der Waals surface area (Å²) in [5.41, 5.74) is 1.62. The number of carbonyl (C=O) groups is 1. The summed E-state index contributed by atoms with van der Waals surface area (Å²) in [5, 5.41) is 3.94. The van der Waals surface area contributed by atoms with E-state index in [0.29, 0.717) is 5.56 Å². The molecule has 0 spiro atoms. The molecular formula is C16H14F2N2O2. The van der Waals surface area contributed by atoms with Crippen LogP contribution in [-0.4, -0.2) is 19.4 Å². The minimum Gasteiger partial charge on any atom is -0.388 e. The molecule has 0 aliphatic carbocycles. The van der Waals surface area contributed by atoms with Gasteiger partial charge < -0.3 is 10.2 Å². The van der Waals surface area contributed by atoms with Gasteiger partial charge in [-0.2, -0.15) is 5.06 Å². The average molecular weight is 304 g/mol. The number of hydroxylamine groups is 1. The maximum Gasteiger partial charge on any atom is 0.189 e. The number of hydrogen-bond donors (Lipinski definition) is 1. The molecule has 22 heavy (non-hydrogen) atoms. The maximum absolute atomic E-state index is 13.9. The Bertz CT molecular complexity index is 742. The lowest BCUT2D eigenvalue weighted by molar-refractivity contribution is 0.0939. The molecule has 3 rings (SSSR count). The standard InChI is InChI=1S/C16H14F2N2O2/c1-9-12(19-2)6-7-14-15(9)13(21)8-20(22-14)16-10(17)4-3-5-11(16)18/h3-7,19H,8H2,1-2H3. The highest BCUT2D eigenvalue weighted by molar-refractivity contribution is 6.05. The molecule has 0 fully saturated rings. The Morgan fingerprint density at radius 3 is 2.50 bits per heavy atom. The lowest BCUT2D eigenvalue weighted by atomic mass is 10.00. The largest absolute Gasteiger partial charge is 0.388 e. The number of ketones is 1. The first-order chi connectivity index (χ1) is 10.5. The Hall–Kier alpha value is -2.63. The molecule has 0 amide bonds. The highest BCUT2D eigenvalue weighted by Gasteiger charge is 2.30. The van der Waals surface area contributed by atoms with E-state index < -0.39 is 11.6 Å². The van der Waals surface area contributed by atoms with Crippen molar-refractivity contribution in [2.45, 2.75) is 6.92 Å². The van der Waals surface area contributed by atoms with Crippen molar-refractivity contribution >= 4 is 17.2 Å². The molecule has 0 unspecified atom stereocenters. The lowest BCUT2D eigenvalue weighted by Gasteiger charge is -2.30. The van der Waals surface area contributed by atoms with Gasteiger partial charge in [0.2, 0.25) is 0 Å². The first-order valence-electron chi connectivity index (χ1n) is 6.77. The second kappa shape index (κ2) is 5.29. The summed E-state index contributed by atoms with van der Waals surface area (Å²) in [5.74, 6) is -1.52. The number of carbonyl (C=O) groups excluding carboxylic acids is 1. The third kappa shape index (κ3) is 2.16. The van der Waals surface area contributed by atoms with Gasteiger partial charge >= 0.3 is 0 Å². The second-order valence-corrected chi connectivity index (χ2v) is 4.98. The molecule has 0 saturated carbocycles. The van der Waals surface area contributed by atoms with Gasteiger partial charge in [-0.3, -0.25) is 4.79 Å². The Labute approximate surface area is 126 Å². The molecule has 2 aromatic carbocycles.